The van der Waals surface area contributed by atoms with E-state index in [9.17, 15) is 0 Å². The highest BCUT2D eigenvalue weighted by atomic mass is 16.7. The lowest BCUT2D eigenvalue weighted by Crippen LogP contribution is -2.41. The Bertz CT molecular complexity index is 410. The molecule has 0 N–H and O–H groups in total. The van der Waals surface area contributed by atoms with E-state index >= 15 is 0 Å². The van der Waals surface area contributed by atoms with E-state index in [1.807, 2.05) is 18.3 Å². The van der Waals surface area contributed by atoms with Gasteiger partial charge in [-0.3, -0.25) is 4.98 Å². The SMILES string of the molecule is CC(C)c1ccc(B2OC(C)(C)C(C)(C)O2)cn1. The van der Waals surface area contributed by atoms with E-state index in [-0.39, 0.29) is 18.3 Å². The van der Waals surface area contributed by atoms with Gasteiger partial charge in [0.25, 0.3) is 0 Å². The van der Waals surface area contributed by atoms with Gasteiger partial charge in [0.05, 0.1) is 11.2 Å². The van der Waals surface area contributed by atoms with Crippen LogP contribution in [0.15, 0.2) is 18.3 Å². The van der Waals surface area contributed by atoms with Crippen molar-refractivity contribution in [2.24, 2.45) is 0 Å². The normalized spacial score (nSPS) is 21.6. The van der Waals surface area contributed by atoms with Gasteiger partial charge in [0.2, 0.25) is 0 Å². The largest absolute Gasteiger partial charge is 0.496 e. The standard InChI is InChI=1S/C14H22BNO2/c1-10(2)12-8-7-11(9-16-12)15-17-13(3,4)14(5,6)18-15/h7-10H,1-6H3. The molecule has 1 aromatic rings. The second kappa shape index (κ2) is 4.35. The van der Waals surface area contributed by atoms with E-state index in [0.717, 1.165) is 11.2 Å². The average molecular weight is 247 g/mol. The van der Waals surface area contributed by atoms with Gasteiger partial charge in [-0.1, -0.05) is 19.9 Å². The molecule has 1 fully saturated rings. The number of rotatable bonds is 2. The molecule has 0 radical (unpaired) electrons. The van der Waals surface area contributed by atoms with Crippen molar-refractivity contribution in [3.8, 4) is 0 Å². The highest BCUT2D eigenvalue weighted by molar-refractivity contribution is 6.62. The van der Waals surface area contributed by atoms with Crippen LogP contribution in [0.2, 0.25) is 0 Å². The summed E-state index contributed by atoms with van der Waals surface area (Å²) in [7, 11) is -0.316. The first-order chi connectivity index (χ1) is 8.23. The molecule has 3 nitrogen and oxygen atoms in total. The Hall–Kier alpha value is -0.865. The molecule has 2 rings (SSSR count). The highest BCUT2D eigenvalue weighted by Gasteiger charge is 2.51. The van der Waals surface area contributed by atoms with E-state index in [2.05, 4.69) is 46.5 Å². The number of aromatic nitrogens is 1. The maximum atomic E-state index is 5.99. The lowest BCUT2D eigenvalue weighted by atomic mass is 9.80. The zero-order valence-corrected chi connectivity index (χ0v) is 12.2. The topological polar surface area (TPSA) is 31.4 Å². The average Bonchev–Trinajstić information content (AvgIpc) is 2.48. The Morgan fingerprint density at radius 3 is 2.00 bits per heavy atom. The first-order valence-electron chi connectivity index (χ1n) is 6.54. The second-order valence-electron chi connectivity index (χ2n) is 6.26. The van der Waals surface area contributed by atoms with Crippen LogP contribution in [0.25, 0.3) is 0 Å². The van der Waals surface area contributed by atoms with Crippen molar-refractivity contribution in [2.45, 2.75) is 58.7 Å². The first kappa shape index (κ1) is 13.6. The molecule has 0 amide bonds. The summed E-state index contributed by atoms with van der Waals surface area (Å²) >= 11 is 0. The van der Waals surface area contributed by atoms with Gasteiger partial charge in [0, 0.05) is 17.4 Å². The molecule has 98 valence electrons. The fourth-order valence-electron chi connectivity index (χ4n) is 1.88. The van der Waals surface area contributed by atoms with Crippen LogP contribution >= 0.6 is 0 Å². The zero-order chi connectivity index (χ0) is 13.6. The van der Waals surface area contributed by atoms with E-state index < -0.39 is 0 Å². The number of nitrogens with zero attached hydrogens (tertiary/aromatic N) is 1. The second-order valence-corrected chi connectivity index (χ2v) is 6.26. The Balaban J connectivity index is 2.19. The van der Waals surface area contributed by atoms with E-state index in [1.165, 1.54) is 0 Å². The molecule has 1 aliphatic heterocycles. The molecular formula is C14H22BNO2. The number of hydrogen-bond acceptors (Lipinski definition) is 3. The molecule has 1 aromatic heterocycles. The molecule has 4 heteroatoms. The fraction of sp³-hybridized carbons (Fsp3) is 0.643. The molecule has 1 aliphatic rings. The van der Waals surface area contributed by atoms with Crippen molar-refractivity contribution in [3.63, 3.8) is 0 Å². The van der Waals surface area contributed by atoms with Gasteiger partial charge in [-0.15, -0.1) is 0 Å². The summed E-state index contributed by atoms with van der Waals surface area (Å²) in [5.74, 6) is 0.442. The van der Waals surface area contributed by atoms with Crippen molar-refractivity contribution < 1.29 is 9.31 Å². The van der Waals surface area contributed by atoms with E-state index in [1.54, 1.807) is 0 Å². The predicted octanol–water partition coefficient (Wildman–Crippen LogP) is 2.50. The summed E-state index contributed by atoms with van der Waals surface area (Å²) in [6.45, 7) is 12.5. The molecule has 0 aliphatic carbocycles. The fourth-order valence-corrected chi connectivity index (χ4v) is 1.88. The molecule has 0 spiro atoms. The van der Waals surface area contributed by atoms with Crippen LogP contribution in [0.1, 0.15) is 53.2 Å². The maximum absolute atomic E-state index is 5.99. The maximum Gasteiger partial charge on any atom is 0.496 e. The molecular weight excluding hydrogens is 225 g/mol. The molecule has 0 bridgehead atoms. The lowest BCUT2D eigenvalue weighted by molar-refractivity contribution is 0.00578. The summed E-state index contributed by atoms with van der Waals surface area (Å²) in [5, 5.41) is 0. The Kier molecular flexibility index (Phi) is 3.28. The minimum absolute atomic E-state index is 0.297. The van der Waals surface area contributed by atoms with Crippen LogP contribution in [-0.4, -0.2) is 23.3 Å². The smallest absolute Gasteiger partial charge is 0.399 e. The Morgan fingerprint density at radius 1 is 1.06 bits per heavy atom. The van der Waals surface area contributed by atoms with Gasteiger partial charge >= 0.3 is 7.12 Å². The summed E-state index contributed by atoms with van der Waals surface area (Å²) in [6, 6.07) is 4.09. The van der Waals surface area contributed by atoms with Crippen LogP contribution in [-0.2, 0) is 9.31 Å². The summed E-state index contributed by atoms with van der Waals surface area (Å²) in [4.78, 5) is 4.46. The lowest BCUT2D eigenvalue weighted by Gasteiger charge is -2.32. The molecule has 0 saturated carbocycles. The van der Waals surface area contributed by atoms with Gasteiger partial charge < -0.3 is 9.31 Å². The number of hydrogen-bond donors (Lipinski definition) is 0. The molecule has 0 unspecified atom stereocenters. The molecule has 2 heterocycles. The highest BCUT2D eigenvalue weighted by Crippen LogP contribution is 2.36. The number of pyridine rings is 1. The predicted molar refractivity (Wildman–Crippen MR) is 74.0 cm³/mol. The van der Waals surface area contributed by atoms with Gasteiger partial charge in [0.1, 0.15) is 0 Å². The third kappa shape index (κ3) is 2.32. The van der Waals surface area contributed by atoms with Crippen molar-refractivity contribution >= 4 is 12.6 Å². The van der Waals surface area contributed by atoms with Gasteiger partial charge in [-0.05, 0) is 39.7 Å². The van der Waals surface area contributed by atoms with Crippen molar-refractivity contribution in [1.29, 1.82) is 0 Å². The van der Waals surface area contributed by atoms with E-state index in [4.69, 9.17) is 9.31 Å². The zero-order valence-electron chi connectivity index (χ0n) is 12.2. The quantitative estimate of drug-likeness (QED) is 0.752. The Morgan fingerprint density at radius 2 is 1.61 bits per heavy atom. The monoisotopic (exact) mass is 247 g/mol. The first-order valence-corrected chi connectivity index (χ1v) is 6.54. The van der Waals surface area contributed by atoms with Crippen molar-refractivity contribution in [3.05, 3.63) is 24.0 Å². The Labute approximate surface area is 110 Å². The van der Waals surface area contributed by atoms with E-state index in [0.29, 0.717) is 5.92 Å². The van der Waals surface area contributed by atoms with Crippen molar-refractivity contribution in [1.82, 2.24) is 4.98 Å². The van der Waals surface area contributed by atoms with Crippen LogP contribution in [0.4, 0.5) is 0 Å². The van der Waals surface area contributed by atoms with Gasteiger partial charge in [0.15, 0.2) is 0 Å². The molecule has 0 atom stereocenters. The van der Waals surface area contributed by atoms with Crippen LogP contribution < -0.4 is 5.46 Å². The summed E-state index contributed by atoms with van der Waals surface area (Å²) in [6.07, 6.45) is 1.86. The summed E-state index contributed by atoms with van der Waals surface area (Å²) < 4.78 is 12.0. The van der Waals surface area contributed by atoms with Gasteiger partial charge in [-0.2, -0.15) is 0 Å². The summed E-state index contributed by atoms with van der Waals surface area (Å²) in [5.41, 5.74) is 1.48. The van der Waals surface area contributed by atoms with Gasteiger partial charge in [-0.25, -0.2) is 0 Å². The van der Waals surface area contributed by atoms with Crippen molar-refractivity contribution in [2.75, 3.05) is 0 Å². The minimum Gasteiger partial charge on any atom is -0.399 e. The van der Waals surface area contributed by atoms with Crippen LogP contribution in [0, 0.1) is 0 Å². The van der Waals surface area contributed by atoms with Crippen LogP contribution in [0.3, 0.4) is 0 Å². The molecule has 1 saturated heterocycles. The molecule has 0 aromatic carbocycles. The minimum atomic E-state index is -0.316. The van der Waals surface area contributed by atoms with Crippen LogP contribution in [0.5, 0.6) is 0 Å². The third-order valence-corrected chi connectivity index (χ3v) is 3.93. The third-order valence-electron chi connectivity index (χ3n) is 3.93. The molecule has 18 heavy (non-hydrogen) atoms.